The van der Waals surface area contributed by atoms with Crippen molar-refractivity contribution in [2.75, 3.05) is 6.61 Å². The van der Waals surface area contributed by atoms with Gasteiger partial charge in [0.2, 0.25) is 0 Å². The minimum atomic E-state index is -0.671. The standard InChI is InChI=1S/C20H21ClO3/c1-4-20(3)22-13-19(23-24-20)14(2)15-5-7-16(8-6-15)17-9-11-18(21)12-10-17/h5-12,19H,2,4,13H2,1,3H3. The highest BCUT2D eigenvalue weighted by Gasteiger charge is 2.34. The fourth-order valence-corrected chi connectivity index (χ4v) is 2.61. The molecule has 0 amide bonds. The summed E-state index contributed by atoms with van der Waals surface area (Å²) >= 11 is 5.93. The van der Waals surface area contributed by atoms with Crippen molar-refractivity contribution in [3.05, 3.63) is 65.7 Å². The van der Waals surface area contributed by atoms with Gasteiger partial charge in [-0.3, -0.25) is 0 Å². The van der Waals surface area contributed by atoms with Gasteiger partial charge in [-0.05, 0) is 41.3 Å². The van der Waals surface area contributed by atoms with Crippen molar-refractivity contribution in [1.82, 2.24) is 0 Å². The van der Waals surface area contributed by atoms with E-state index in [0.29, 0.717) is 6.61 Å². The van der Waals surface area contributed by atoms with Crippen molar-refractivity contribution in [2.45, 2.75) is 32.2 Å². The van der Waals surface area contributed by atoms with Crippen molar-refractivity contribution < 1.29 is 14.5 Å². The SMILES string of the molecule is C=C(c1ccc(-c2ccc(Cl)cc2)cc1)C1COC(C)(CC)OO1. The Morgan fingerprint density at radius 1 is 1.12 bits per heavy atom. The summed E-state index contributed by atoms with van der Waals surface area (Å²) < 4.78 is 5.75. The maximum atomic E-state index is 5.93. The maximum Gasteiger partial charge on any atom is 0.198 e. The Balaban J connectivity index is 1.69. The summed E-state index contributed by atoms with van der Waals surface area (Å²) in [5.74, 6) is -0.671. The molecule has 0 spiro atoms. The summed E-state index contributed by atoms with van der Waals surface area (Å²) in [7, 11) is 0. The predicted molar refractivity (Wildman–Crippen MR) is 96.5 cm³/mol. The van der Waals surface area contributed by atoms with Crippen LogP contribution in [0.15, 0.2) is 55.1 Å². The van der Waals surface area contributed by atoms with Crippen LogP contribution in [0, 0.1) is 0 Å². The van der Waals surface area contributed by atoms with Crippen molar-refractivity contribution >= 4 is 17.2 Å². The van der Waals surface area contributed by atoms with Gasteiger partial charge in [0.1, 0.15) is 6.10 Å². The number of ether oxygens (including phenoxy) is 1. The summed E-state index contributed by atoms with van der Waals surface area (Å²) in [4.78, 5) is 10.9. The van der Waals surface area contributed by atoms with Crippen LogP contribution in [0.1, 0.15) is 25.8 Å². The molecule has 126 valence electrons. The van der Waals surface area contributed by atoms with E-state index in [1.807, 2.05) is 50.2 Å². The second-order valence-corrected chi connectivity index (χ2v) is 6.51. The third-order valence-corrected chi connectivity index (χ3v) is 4.60. The monoisotopic (exact) mass is 344 g/mol. The Morgan fingerprint density at radius 2 is 1.71 bits per heavy atom. The fraction of sp³-hybridized carbons (Fsp3) is 0.300. The smallest absolute Gasteiger partial charge is 0.198 e. The molecule has 0 N–H and O–H groups in total. The van der Waals surface area contributed by atoms with E-state index in [2.05, 4.69) is 18.7 Å². The van der Waals surface area contributed by atoms with E-state index in [1.165, 1.54) is 0 Å². The van der Waals surface area contributed by atoms with Gasteiger partial charge in [0.25, 0.3) is 0 Å². The lowest BCUT2D eigenvalue weighted by Gasteiger charge is -2.36. The van der Waals surface area contributed by atoms with Crippen molar-refractivity contribution in [1.29, 1.82) is 0 Å². The van der Waals surface area contributed by atoms with Gasteiger partial charge in [-0.25, -0.2) is 9.78 Å². The van der Waals surface area contributed by atoms with Crippen LogP contribution in [0.3, 0.4) is 0 Å². The molecule has 0 saturated carbocycles. The minimum Gasteiger partial charge on any atom is -0.344 e. The molecule has 1 fully saturated rings. The Hall–Kier alpha value is -1.65. The topological polar surface area (TPSA) is 27.7 Å². The number of hydrogen-bond acceptors (Lipinski definition) is 3. The first kappa shape index (κ1) is 17.2. The van der Waals surface area contributed by atoms with E-state index in [9.17, 15) is 0 Å². The molecular weight excluding hydrogens is 324 g/mol. The van der Waals surface area contributed by atoms with Gasteiger partial charge in [0, 0.05) is 11.4 Å². The highest BCUT2D eigenvalue weighted by Crippen LogP contribution is 2.30. The highest BCUT2D eigenvalue weighted by molar-refractivity contribution is 6.30. The lowest BCUT2D eigenvalue weighted by Crippen LogP contribution is -2.42. The summed E-state index contributed by atoms with van der Waals surface area (Å²) in [5, 5.41) is 0.734. The molecule has 1 saturated heterocycles. The molecule has 0 radical (unpaired) electrons. The van der Waals surface area contributed by atoms with Gasteiger partial charge in [-0.15, -0.1) is 0 Å². The first-order chi connectivity index (χ1) is 11.5. The molecule has 24 heavy (non-hydrogen) atoms. The third-order valence-electron chi connectivity index (χ3n) is 4.34. The predicted octanol–water partition coefficient (Wildman–Crippen LogP) is 5.49. The number of hydrogen-bond donors (Lipinski definition) is 0. The quantitative estimate of drug-likeness (QED) is 0.686. The molecule has 1 aliphatic heterocycles. The molecule has 3 nitrogen and oxygen atoms in total. The van der Waals surface area contributed by atoms with Gasteiger partial charge >= 0.3 is 0 Å². The summed E-state index contributed by atoms with van der Waals surface area (Å²) in [6.45, 7) is 8.43. The van der Waals surface area contributed by atoms with Gasteiger partial charge in [-0.2, -0.15) is 0 Å². The molecule has 1 aliphatic rings. The van der Waals surface area contributed by atoms with E-state index in [0.717, 1.165) is 33.7 Å². The maximum absolute atomic E-state index is 5.93. The lowest BCUT2D eigenvalue weighted by atomic mass is 9.98. The molecule has 2 aromatic carbocycles. The molecule has 0 aromatic heterocycles. The van der Waals surface area contributed by atoms with Crippen LogP contribution in [0.4, 0.5) is 0 Å². The van der Waals surface area contributed by atoms with Crippen LogP contribution in [-0.4, -0.2) is 18.5 Å². The second kappa shape index (κ2) is 7.08. The van der Waals surface area contributed by atoms with Gasteiger partial charge in [0.15, 0.2) is 5.79 Å². The molecule has 2 unspecified atom stereocenters. The fourth-order valence-electron chi connectivity index (χ4n) is 2.49. The van der Waals surface area contributed by atoms with Crippen LogP contribution in [0.2, 0.25) is 5.02 Å². The average Bonchev–Trinajstić information content (AvgIpc) is 2.63. The molecule has 1 heterocycles. The van der Waals surface area contributed by atoms with E-state index < -0.39 is 5.79 Å². The zero-order chi connectivity index (χ0) is 17.2. The Labute approximate surface area is 147 Å². The Bertz CT molecular complexity index is 699. The molecule has 2 aromatic rings. The van der Waals surface area contributed by atoms with Gasteiger partial charge in [0.05, 0.1) is 6.61 Å². The second-order valence-electron chi connectivity index (χ2n) is 6.08. The van der Waals surface area contributed by atoms with Gasteiger partial charge in [-0.1, -0.05) is 61.5 Å². The molecular formula is C20H21ClO3. The Morgan fingerprint density at radius 3 is 2.21 bits per heavy atom. The largest absolute Gasteiger partial charge is 0.344 e. The van der Waals surface area contributed by atoms with Crippen LogP contribution < -0.4 is 0 Å². The summed E-state index contributed by atoms with van der Waals surface area (Å²) in [5.41, 5.74) is 4.09. The van der Waals surface area contributed by atoms with E-state index in [-0.39, 0.29) is 6.10 Å². The van der Waals surface area contributed by atoms with E-state index >= 15 is 0 Å². The van der Waals surface area contributed by atoms with E-state index in [1.54, 1.807) is 0 Å². The van der Waals surface area contributed by atoms with Crippen LogP contribution in [-0.2, 0) is 14.5 Å². The lowest BCUT2D eigenvalue weighted by molar-refractivity contribution is -0.473. The molecule has 2 atom stereocenters. The van der Waals surface area contributed by atoms with Crippen molar-refractivity contribution in [2.24, 2.45) is 0 Å². The zero-order valence-corrected chi connectivity index (χ0v) is 14.7. The molecule has 3 rings (SSSR count). The van der Waals surface area contributed by atoms with E-state index in [4.69, 9.17) is 26.1 Å². The van der Waals surface area contributed by atoms with Crippen LogP contribution >= 0.6 is 11.6 Å². The normalized spacial score (nSPS) is 23.9. The minimum absolute atomic E-state index is 0.300. The highest BCUT2D eigenvalue weighted by atomic mass is 35.5. The van der Waals surface area contributed by atoms with Crippen LogP contribution in [0.5, 0.6) is 0 Å². The third kappa shape index (κ3) is 3.70. The zero-order valence-electron chi connectivity index (χ0n) is 13.9. The number of benzene rings is 2. The first-order valence-electron chi connectivity index (χ1n) is 8.04. The molecule has 4 heteroatoms. The summed E-state index contributed by atoms with van der Waals surface area (Å²) in [6, 6.07) is 16.0. The number of rotatable bonds is 4. The molecule has 0 aliphatic carbocycles. The van der Waals surface area contributed by atoms with Crippen molar-refractivity contribution in [3.63, 3.8) is 0 Å². The van der Waals surface area contributed by atoms with Crippen molar-refractivity contribution in [3.8, 4) is 11.1 Å². The Kier molecular flexibility index (Phi) is 5.07. The average molecular weight is 345 g/mol. The van der Waals surface area contributed by atoms with Gasteiger partial charge < -0.3 is 4.74 Å². The number of halogens is 1. The van der Waals surface area contributed by atoms with Crippen LogP contribution in [0.25, 0.3) is 16.7 Å². The summed E-state index contributed by atoms with van der Waals surface area (Å²) in [6.07, 6.45) is 0.424. The first-order valence-corrected chi connectivity index (χ1v) is 8.42. The molecule has 0 bridgehead atoms.